The molecule has 0 aliphatic carbocycles. The third-order valence-corrected chi connectivity index (χ3v) is 4.61. The standard InChI is InChI=1S/C12H13ClN2O4S/c1-8-6-15(7-14-8)20(16,17)12-5-10(18-2)9(13)4-11(12)19-3/h4-7H,1-3H3. The number of halogens is 1. The highest BCUT2D eigenvalue weighted by Gasteiger charge is 2.24. The summed E-state index contributed by atoms with van der Waals surface area (Å²) in [4.78, 5) is 3.87. The predicted molar refractivity (Wildman–Crippen MR) is 74.1 cm³/mol. The molecule has 6 nitrogen and oxygen atoms in total. The first-order valence-corrected chi connectivity index (χ1v) is 7.39. The van der Waals surface area contributed by atoms with Crippen LogP contribution in [0.4, 0.5) is 0 Å². The van der Waals surface area contributed by atoms with Gasteiger partial charge in [0.25, 0.3) is 10.0 Å². The number of imidazole rings is 1. The van der Waals surface area contributed by atoms with Gasteiger partial charge in [0.1, 0.15) is 22.7 Å². The first kappa shape index (κ1) is 14.7. The van der Waals surface area contributed by atoms with Crippen LogP contribution in [-0.2, 0) is 10.0 Å². The summed E-state index contributed by atoms with van der Waals surface area (Å²) in [5.74, 6) is 0.394. The van der Waals surface area contributed by atoms with Gasteiger partial charge in [-0.3, -0.25) is 0 Å². The lowest BCUT2D eigenvalue weighted by atomic mass is 10.3. The Bertz CT molecular complexity index is 740. The Hall–Kier alpha value is -1.73. The maximum Gasteiger partial charge on any atom is 0.272 e. The van der Waals surface area contributed by atoms with Gasteiger partial charge in [0, 0.05) is 18.3 Å². The summed E-state index contributed by atoms with van der Waals surface area (Å²) in [5, 5.41) is 0.269. The van der Waals surface area contributed by atoms with Gasteiger partial charge in [0.15, 0.2) is 0 Å². The van der Waals surface area contributed by atoms with Crippen molar-refractivity contribution in [2.24, 2.45) is 0 Å². The molecule has 1 heterocycles. The topological polar surface area (TPSA) is 70.4 Å². The molecule has 0 radical (unpaired) electrons. The number of aromatic nitrogens is 2. The molecule has 0 saturated heterocycles. The Labute approximate surface area is 122 Å². The number of hydrogen-bond donors (Lipinski definition) is 0. The van der Waals surface area contributed by atoms with E-state index in [0.29, 0.717) is 5.69 Å². The van der Waals surface area contributed by atoms with E-state index < -0.39 is 10.0 Å². The summed E-state index contributed by atoms with van der Waals surface area (Å²) in [7, 11) is -1.04. The van der Waals surface area contributed by atoms with E-state index in [2.05, 4.69) is 4.98 Å². The van der Waals surface area contributed by atoms with Crippen molar-refractivity contribution in [1.29, 1.82) is 0 Å². The summed E-state index contributed by atoms with van der Waals surface area (Å²) < 4.78 is 36.3. The second-order valence-electron chi connectivity index (χ2n) is 3.99. The maximum atomic E-state index is 12.6. The van der Waals surface area contributed by atoms with Crippen molar-refractivity contribution in [1.82, 2.24) is 8.96 Å². The van der Waals surface area contributed by atoms with Gasteiger partial charge < -0.3 is 9.47 Å². The minimum Gasteiger partial charge on any atom is -0.495 e. The molecule has 0 N–H and O–H groups in total. The monoisotopic (exact) mass is 316 g/mol. The lowest BCUT2D eigenvalue weighted by Crippen LogP contribution is -2.12. The zero-order valence-corrected chi connectivity index (χ0v) is 12.7. The maximum absolute atomic E-state index is 12.6. The van der Waals surface area contributed by atoms with E-state index in [4.69, 9.17) is 21.1 Å². The van der Waals surface area contributed by atoms with Crippen molar-refractivity contribution in [3.05, 3.63) is 35.4 Å². The molecule has 1 aromatic carbocycles. The van der Waals surface area contributed by atoms with Crippen molar-refractivity contribution in [2.75, 3.05) is 14.2 Å². The van der Waals surface area contributed by atoms with Crippen LogP contribution in [-0.4, -0.2) is 31.6 Å². The number of hydrogen-bond acceptors (Lipinski definition) is 5. The van der Waals surface area contributed by atoms with Crippen LogP contribution in [0.15, 0.2) is 29.6 Å². The highest BCUT2D eigenvalue weighted by Crippen LogP contribution is 2.35. The van der Waals surface area contributed by atoms with Crippen LogP contribution in [0.5, 0.6) is 11.5 Å². The van der Waals surface area contributed by atoms with Gasteiger partial charge in [-0.05, 0) is 6.92 Å². The summed E-state index contributed by atoms with van der Waals surface area (Å²) in [5.41, 5.74) is 0.591. The first-order chi connectivity index (χ1) is 9.40. The molecule has 1 aromatic heterocycles. The van der Waals surface area contributed by atoms with Crippen LogP contribution in [0, 0.1) is 6.92 Å². The van der Waals surface area contributed by atoms with E-state index in [0.717, 1.165) is 3.97 Å². The molecule has 0 fully saturated rings. The molecule has 0 spiro atoms. The van der Waals surface area contributed by atoms with Gasteiger partial charge in [0.05, 0.1) is 24.9 Å². The Morgan fingerprint density at radius 3 is 2.35 bits per heavy atom. The number of ether oxygens (including phenoxy) is 2. The van der Waals surface area contributed by atoms with Crippen LogP contribution in [0.3, 0.4) is 0 Å². The Morgan fingerprint density at radius 2 is 1.85 bits per heavy atom. The van der Waals surface area contributed by atoms with Crippen LogP contribution >= 0.6 is 11.6 Å². The van der Waals surface area contributed by atoms with Crippen molar-refractivity contribution >= 4 is 21.6 Å². The van der Waals surface area contributed by atoms with Crippen LogP contribution in [0.2, 0.25) is 5.02 Å². The zero-order chi connectivity index (χ0) is 14.9. The molecule has 20 heavy (non-hydrogen) atoms. The number of rotatable bonds is 4. The molecular formula is C12H13ClN2O4S. The van der Waals surface area contributed by atoms with Crippen LogP contribution < -0.4 is 9.47 Å². The Balaban J connectivity index is 2.67. The van der Waals surface area contributed by atoms with Crippen molar-refractivity contribution < 1.29 is 17.9 Å². The minimum atomic E-state index is -3.82. The molecule has 2 rings (SSSR count). The van der Waals surface area contributed by atoms with Gasteiger partial charge >= 0.3 is 0 Å². The third-order valence-electron chi connectivity index (χ3n) is 2.68. The Kier molecular flexibility index (Phi) is 3.92. The molecule has 0 saturated carbocycles. The number of benzene rings is 1. The summed E-state index contributed by atoms with van der Waals surface area (Å²) >= 11 is 5.96. The fourth-order valence-electron chi connectivity index (χ4n) is 1.68. The van der Waals surface area contributed by atoms with E-state index in [1.54, 1.807) is 6.92 Å². The molecular weight excluding hydrogens is 304 g/mol. The first-order valence-electron chi connectivity index (χ1n) is 5.58. The number of nitrogens with zero attached hydrogens (tertiary/aromatic N) is 2. The molecule has 0 unspecified atom stereocenters. The SMILES string of the molecule is COc1cc(S(=O)(=O)n2cnc(C)c2)c(OC)cc1Cl. The molecule has 0 aliphatic heterocycles. The second-order valence-corrected chi connectivity index (χ2v) is 6.21. The molecule has 108 valence electrons. The van der Waals surface area contributed by atoms with Gasteiger partial charge in [-0.15, -0.1) is 0 Å². The van der Waals surface area contributed by atoms with Crippen molar-refractivity contribution in [3.8, 4) is 11.5 Å². The van der Waals surface area contributed by atoms with Gasteiger partial charge in [0.2, 0.25) is 0 Å². The lowest BCUT2D eigenvalue weighted by Gasteiger charge is -2.12. The number of aryl methyl sites for hydroxylation is 1. The fourth-order valence-corrected chi connectivity index (χ4v) is 3.25. The van der Waals surface area contributed by atoms with E-state index in [-0.39, 0.29) is 21.4 Å². The highest BCUT2D eigenvalue weighted by molar-refractivity contribution is 7.90. The van der Waals surface area contributed by atoms with E-state index in [1.165, 1.54) is 38.9 Å². The summed E-state index contributed by atoms with van der Waals surface area (Å²) in [6.07, 6.45) is 2.64. The van der Waals surface area contributed by atoms with Crippen molar-refractivity contribution in [2.45, 2.75) is 11.8 Å². The largest absolute Gasteiger partial charge is 0.495 e. The van der Waals surface area contributed by atoms with E-state index in [1.807, 2.05) is 0 Å². The summed E-state index contributed by atoms with van der Waals surface area (Å²) in [6, 6.07) is 2.73. The van der Waals surface area contributed by atoms with Crippen LogP contribution in [0.1, 0.15) is 5.69 Å². The van der Waals surface area contributed by atoms with Gasteiger partial charge in [-0.2, -0.15) is 0 Å². The zero-order valence-electron chi connectivity index (χ0n) is 11.1. The Morgan fingerprint density at radius 1 is 1.20 bits per heavy atom. The summed E-state index contributed by atoms with van der Waals surface area (Å²) in [6.45, 7) is 1.70. The second kappa shape index (κ2) is 5.34. The molecule has 0 aliphatic rings. The number of methoxy groups -OCH3 is 2. The smallest absolute Gasteiger partial charge is 0.272 e. The average Bonchev–Trinajstić information content (AvgIpc) is 2.85. The third kappa shape index (κ3) is 2.46. The average molecular weight is 317 g/mol. The molecule has 8 heteroatoms. The lowest BCUT2D eigenvalue weighted by molar-refractivity contribution is 0.392. The fraction of sp³-hybridized carbons (Fsp3) is 0.250. The molecule has 0 bridgehead atoms. The van der Waals surface area contributed by atoms with Crippen LogP contribution in [0.25, 0.3) is 0 Å². The highest BCUT2D eigenvalue weighted by atomic mass is 35.5. The normalized spacial score (nSPS) is 11.4. The van der Waals surface area contributed by atoms with Crippen molar-refractivity contribution in [3.63, 3.8) is 0 Å². The molecule has 2 aromatic rings. The minimum absolute atomic E-state index is 0.0429. The predicted octanol–water partition coefficient (Wildman–Crippen LogP) is 2.10. The van der Waals surface area contributed by atoms with E-state index >= 15 is 0 Å². The quantitative estimate of drug-likeness (QED) is 0.864. The van der Waals surface area contributed by atoms with Gasteiger partial charge in [-0.1, -0.05) is 11.6 Å². The molecule has 0 atom stereocenters. The molecule has 0 amide bonds. The van der Waals surface area contributed by atoms with E-state index in [9.17, 15) is 8.42 Å². The van der Waals surface area contributed by atoms with Gasteiger partial charge in [-0.25, -0.2) is 17.4 Å².